The molecule has 0 heterocycles. The normalized spacial score (nSPS) is 20.1. The molecule has 0 spiro atoms. The van der Waals surface area contributed by atoms with Gasteiger partial charge in [-0.25, -0.2) is 0 Å². The second-order valence-corrected chi connectivity index (χ2v) is 5.87. The largest absolute Gasteiger partial charge is 0.352 e. The van der Waals surface area contributed by atoms with E-state index in [9.17, 15) is 9.59 Å². The molecule has 2 unspecified atom stereocenters. The van der Waals surface area contributed by atoms with Crippen molar-refractivity contribution in [2.75, 3.05) is 13.1 Å². The Kier molecular flexibility index (Phi) is 6.39. The van der Waals surface area contributed by atoms with Crippen LogP contribution in [-0.2, 0) is 16.1 Å². The molecule has 1 aromatic rings. The Bertz CT molecular complexity index is 550. The first-order valence-corrected chi connectivity index (χ1v) is 8.42. The zero-order valence-corrected chi connectivity index (χ0v) is 14.0. The zero-order valence-electron chi connectivity index (χ0n) is 14.0. The number of benzene rings is 1. The predicted molar refractivity (Wildman–Crippen MR) is 91.6 cm³/mol. The molecule has 2 atom stereocenters. The van der Waals surface area contributed by atoms with Crippen LogP contribution < -0.4 is 5.32 Å². The van der Waals surface area contributed by atoms with Gasteiger partial charge in [-0.2, -0.15) is 0 Å². The smallest absolute Gasteiger partial charge is 0.226 e. The molecule has 0 aliphatic heterocycles. The molecule has 0 saturated carbocycles. The molecular weight excluding hydrogens is 288 g/mol. The average molecular weight is 314 g/mol. The number of carbonyl (C=O) groups is 2. The summed E-state index contributed by atoms with van der Waals surface area (Å²) < 4.78 is 0. The van der Waals surface area contributed by atoms with E-state index < -0.39 is 0 Å². The average Bonchev–Trinajstić information content (AvgIpc) is 2.61. The highest BCUT2D eigenvalue weighted by atomic mass is 16.2. The van der Waals surface area contributed by atoms with Crippen LogP contribution in [0.1, 0.15) is 32.3 Å². The molecule has 2 amide bonds. The van der Waals surface area contributed by atoms with E-state index in [-0.39, 0.29) is 23.7 Å². The van der Waals surface area contributed by atoms with Crippen molar-refractivity contribution in [3.8, 4) is 0 Å². The molecule has 0 saturated heterocycles. The second kappa shape index (κ2) is 8.51. The van der Waals surface area contributed by atoms with E-state index in [4.69, 9.17) is 0 Å². The number of nitrogens with one attached hydrogen (secondary N) is 1. The number of amides is 2. The molecule has 0 fully saturated rings. The highest BCUT2D eigenvalue weighted by Crippen LogP contribution is 2.27. The third kappa shape index (κ3) is 4.44. The van der Waals surface area contributed by atoms with Gasteiger partial charge in [0.25, 0.3) is 0 Å². The Balaban J connectivity index is 2.01. The van der Waals surface area contributed by atoms with Crippen LogP contribution in [0.5, 0.6) is 0 Å². The molecule has 4 nitrogen and oxygen atoms in total. The maximum Gasteiger partial charge on any atom is 0.226 e. The van der Waals surface area contributed by atoms with E-state index in [1.54, 1.807) is 0 Å². The van der Waals surface area contributed by atoms with E-state index >= 15 is 0 Å². The zero-order chi connectivity index (χ0) is 16.7. The highest BCUT2D eigenvalue weighted by Gasteiger charge is 2.35. The Labute approximate surface area is 138 Å². The molecule has 0 radical (unpaired) electrons. The SMILES string of the molecule is CCN(CC)C(=O)C1CC=CCC1C(=O)NCc1ccccc1. The maximum absolute atomic E-state index is 12.7. The first kappa shape index (κ1) is 17.3. The number of carbonyl (C=O) groups excluding carboxylic acids is 2. The second-order valence-electron chi connectivity index (χ2n) is 5.87. The lowest BCUT2D eigenvalue weighted by Crippen LogP contribution is -2.44. The monoisotopic (exact) mass is 314 g/mol. The van der Waals surface area contributed by atoms with Crippen LogP contribution in [0.4, 0.5) is 0 Å². The quantitative estimate of drug-likeness (QED) is 0.821. The van der Waals surface area contributed by atoms with Crippen molar-refractivity contribution < 1.29 is 9.59 Å². The molecule has 1 aliphatic carbocycles. The fraction of sp³-hybridized carbons (Fsp3) is 0.474. The molecule has 4 heteroatoms. The summed E-state index contributed by atoms with van der Waals surface area (Å²) in [6.45, 7) is 5.84. The Hall–Kier alpha value is -2.10. The minimum Gasteiger partial charge on any atom is -0.352 e. The van der Waals surface area contributed by atoms with Crippen molar-refractivity contribution in [2.45, 2.75) is 33.2 Å². The van der Waals surface area contributed by atoms with Crippen molar-refractivity contribution >= 4 is 11.8 Å². The number of hydrogen-bond acceptors (Lipinski definition) is 2. The minimum absolute atomic E-state index is 0.0243. The van der Waals surface area contributed by atoms with E-state index in [0.717, 1.165) is 5.56 Å². The summed E-state index contributed by atoms with van der Waals surface area (Å²) in [4.78, 5) is 27.1. The molecular formula is C19H26N2O2. The highest BCUT2D eigenvalue weighted by molar-refractivity contribution is 5.88. The van der Waals surface area contributed by atoms with Gasteiger partial charge in [0, 0.05) is 19.6 Å². The minimum atomic E-state index is -0.267. The Morgan fingerprint density at radius 2 is 1.65 bits per heavy atom. The van der Waals surface area contributed by atoms with Crippen LogP contribution in [0.2, 0.25) is 0 Å². The maximum atomic E-state index is 12.7. The van der Waals surface area contributed by atoms with Crippen LogP contribution in [0, 0.1) is 11.8 Å². The van der Waals surface area contributed by atoms with Gasteiger partial charge in [0.1, 0.15) is 0 Å². The van der Waals surface area contributed by atoms with Gasteiger partial charge in [0.15, 0.2) is 0 Å². The van der Waals surface area contributed by atoms with Crippen LogP contribution in [0.25, 0.3) is 0 Å². The molecule has 1 N–H and O–H groups in total. The van der Waals surface area contributed by atoms with E-state index in [2.05, 4.69) is 5.32 Å². The first-order chi connectivity index (χ1) is 11.2. The Morgan fingerprint density at radius 3 is 2.26 bits per heavy atom. The summed E-state index contributed by atoms with van der Waals surface area (Å²) in [6, 6.07) is 9.84. The molecule has 0 aromatic heterocycles. The molecule has 1 aliphatic rings. The topological polar surface area (TPSA) is 49.4 Å². The van der Waals surface area contributed by atoms with Crippen LogP contribution in [0.15, 0.2) is 42.5 Å². The van der Waals surface area contributed by atoms with Crippen molar-refractivity contribution in [2.24, 2.45) is 11.8 Å². The summed E-state index contributed by atoms with van der Waals surface area (Å²) in [5.74, 6) is -0.435. The van der Waals surface area contributed by atoms with Crippen molar-refractivity contribution in [3.05, 3.63) is 48.0 Å². The lowest BCUT2D eigenvalue weighted by atomic mass is 9.81. The van der Waals surface area contributed by atoms with Gasteiger partial charge < -0.3 is 10.2 Å². The lowest BCUT2D eigenvalue weighted by Gasteiger charge is -2.31. The number of allylic oxidation sites excluding steroid dienone is 2. The van der Waals surface area contributed by atoms with E-state index in [1.165, 1.54) is 0 Å². The third-order valence-electron chi connectivity index (χ3n) is 4.47. The standard InChI is InChI=1S/C19H26N2O2/c1-3-21(4-2)19(23)17-13-9-8-12-16(17)18(22)20-14-15-10-6-5-7-11-15/h5-11,16-17H,3-4,12-14H2,1-2H3,(H,20,22). The predicted octanol–water partition coefficient (Wildman–Crippen LogP) is 2.75. The van der Waals surface area contributed by atoms with Crippen LogP contribution in [0.3, 0.4) is 0 Å². The summed E-state index contributed by atoms with van der Waals surface area (Å²) >= 11 is 0. The van der Waals surface area contributed by atoms with Crippen molar-refractivity contribution in [1.29, 1.82) is 0 Å². The molecule has 124 valence electrons. The van der Waals surface area contributed by atoms with Gasteiger partial charge in [-0.3, -0.25) is 9.59 Å². The third-order valence-corrected chi connectivity index (χ3v) is 4.47. The summed E-state index contributed by atoms with van der Waals surface area (Å²) in [5.41, 5.74) is 1.07. The summed E-state index contributed by atoms with van der Waals surface area (Å²) in [7, 11) is 0. The van der Waals surface area contributed by atoms with Gasteiger partial charge >= 0.3 is 0 Å². The number of rotatable bonds is 6. The molecule has 2 rings (SSSR count). The first-order valence-electron chi connectivity index (χ1n) is 8.42. The number of hydrogen-bond donors (Lipinski definition) is 1. The van der Waals surface area contributed by atoms with Crippen molar-refractivity contribution in [3.63, 3.8) is 0 Å². The van der Waals surface area contributed by atoms with Gasteiger partial charge in [-0.15, -0.1) is 0 Å². The summed E-state index contributed by atoms with van der Waals surface area (Å²) in [6.07, 6.45) is 5.32. The van der Waals surface area contributed by atoms with Crippen LogP contribution in [-0.4, -0.2) is 29.8 Å². The van der Waals surface area contributed by atoms with E-state index in [0.29, 0.717) is 32.5 Å². The van der Waals surface area contributed by atoms with Crippen LogP contribution >= 0.6 is 0 Å². The number of nitrogens with zero attached hydrogens (tertiary/aromatic N) is 1. The molecule has 23 heavy (non-hydrogen) atoms. The molecule has 0 bridgehead atoms. The van der Waals surface area contributed by atoms with Crippen molar-refractivity contribution in [1.82, 2.24) is 10.2 Å². The molecule has 1 aromatic carbocycles. The lowest BCUT2D eigenvalue weighted by molar-refractivity contribution is -0.141. The van der Waals surface area contributed by atoms with Gasteiger partial charge in [0.05, 0.1) is 11.8 Å². The van der Waals surface area contributed by atoms with Gasteiger partial charge in [-0.05, 0) is 32.3 Å². The van der Waals surface area contributed by atoms with Gasteiger partial charge in [-0.1, -0.05) is 42.5 Å². The fourth-order valence-electron chi connectivity index (χ4n) is 3.06. The van der Waals surface area contributed by atoms with Gasteiger partial charge in [0.2, 0.25) is 11.8 Å². The summed E-state index contributed by atoms with van der Waals surface area (Å²) in [5, 5.41) is 2.98. The van der Waals surface area contributed by atoms with E-state index in [1.807, 2.05) is 61.2 Å². The fourth-order valence-corrected chi connectivity index (χ4v) is 3.06. The Morgan fingerprint density at radius 1 is 1.04 bits per heavy atom.